The second-order valence-electron chi connectivity index (χ2n) is 4.29. The fourth-order valence-electron chi connectivity index (χ4n) is 2.01. The Labute approximate surface area is 88.7 Å². The fourth-order valence-corrected chi connectivity index (χ4v) is 2.01. The maximum absolute atomic E-state index is 13.7. The van der Waals surface area contributed by atoms with Crippen LogP contribution in [0.5, 0.6) is 0 Å². The first kappa shape index (κ1) is 10.1. The predicted molar refractivity (Wildman–Crippen MR) is 59.5 cm³/mol. The third-order valence-electron chi connectivity index (χ3n) is 2.80. The molecule has 0 saturated carbocycles. The molecule has 0 aliphatic heterocycles. The number of hydrogen-bond donors (Lipinski definition) is 0. The molecule has 1 aromatic heterocycles. The Morgan fingerprint density at radius 3 is 2.67 bits per heavy atom. The lowest BCUT2D eigenvalue weighted by molar-refractivity contribution is 0.628. The molecule has 3 heteroatoms. The quantitative estimate of drug-likeness (QED) is 0.700. The van der Waals surface area contributed by atoms with E-state index >= 15 is 0 Å². The predicted octanol–water partition coefficient (Wildman–Crippen LogP) is 3.14. The molecule has 0 atom stereocenters. The number of fused-ring (bicyclic) bond motifs is 1. The van der Waals surface area contributed by atoms with Crippen molar-refractivity contribution >= 4 is 10.9 Å². The van der Waals surface area contributed by atoms with Crippen molar-refractivity contribution in [3.05, 3.63) is 29.2 Å². The van der Waals surface area contributed by atoms with E-state index in [4.69, 9.17) is 0 Å². The van der Waals surface area contributed by atoms with Gasteiger partial charge in [0.25, 0.3) is 0 Å². The third kappa shape index (κ3) is 1.52. The Balaban J connectivity index is 2.83. The molecule has 0 radical (unpaired) electrons. The second-order valence-corrected chi connectivity index (χ2v) is 4.29. The van der Waals surface area contributed by atoms with E-state index < -0.39 is 0 Å². The molecule has 0 unspecified atom stereocenters. The zero-order valence-electron chi connectivity index (χ0n) is 9.50. The van der Waals surface area contributed by atoms with Gasteiger partial charge >= 0.3 is 0 Å². The summed E-state index contributed by atoms with van der Waals surface area (Å²) < 4.78 is 15.4. The van der Waals surface area contributed by atoms with Gasteiger partial charge in [-0.05, 0) is 30.0 Å². The summed E-state index contributed by atoms with van der Waals surface area (Å²) in [6.45, 7) is 6.17. The lowest BCUT2D eigenvalue weighted by atomic mass is 9.95. The lowest BCUT2D eigenvalue weighted by Gasteiger charge is -2.10. The Morgan fingerprint density at radius 1 is 1.40 bits per heavy atom. The zero-order chi connectivity index (χ0) is 11.2. The Morgan fingerprint density at radius 2 is 2.07 bits per heavy atom. The van der Waals surface area contributed by atoms with Gasteiger partial charge < -0.3 is 0 Å². The molecule has 2 rings (SSSR count). The number of rotatable bonds is 1. The van der Waals surface area contributed by atoms with E-state index in [-0.39, 0.29) is 5.82 Å². The summed E-state index contributed by atoms with van der Waals surface area (Å²) in [6.07, 6.45) is 1.87. The summed E-state index contributed by atoms with van der Waals surface area (Å²) in [5.74, 6) is 0.115. The van der Waals surface area contributed by atoms with Gasteiger partial charge in [-0.3, -0.25) is 4.68 Å². The minimum absolute atomic E-state index is 0.222. The van der Waals surface area contributed by atoms with E-state index in [1.807, 2.05) is 20.2 Å². The molecule has 0 saturated heterocycles. The zero-order valence-corrected chi connectivity index (χ0v) is 9.50. The van der Waals surface area contributed by atoms with Crippen LogP contribution in [0.25, 0.3) is 10.9 Å². The average Bonchev–Trinajstić information content (AvgIpc) is 2.53. The number of halogens is 1. The Bertz CT molecular complexity index is 512. The average molecular weight is 206 g/mol. The van der Waals surface area contributed by atoms with Crippen molar-refractivity contribution in [2.45, 2.75) is 26.7 Å². The molecule has 0 amide bonds. The first-order chi connectivity index (χ1) is 7.00. The highest BCUT2D eigenvalue weighted by molar-refractivity contribution is 5.83. The first-order valence-corrected chi connectivity index (χ1v) is 5.13. The van der Waals surface area contributed by atoms with E-state index in [1.54, 1.807) is 10.7 Å². The fraction of sp³-hybridized carbons (Fsp3) is 0.417. The minimum Gasteiger partial charge on any atom is -0.274 e. The number of aromatic nitrogens is 2. The number of aryl methyl sites for hydroxylation is 2. The van der Waals surface area contributed by atoms with Crippen LogP contribution in [0.3, 0.4) is 0 Å². The van der Waals surface area contributed by atoms with Crippen molar-refractivity contribution in [2.24, 2.45) is 7.05 Å². The maximum atomic E-state index is 13.7. The largest absolute Gasteiger partial charge is 0.274 e. The van der Waals surface area contributed by atoms with Crippen molar-refractivity contribution in [3.63, 3.8) is 0 Å². The van der Waals surface area contributed by atoms with Gasteiger partial charge in [-0.15, -0.1) is 0 Å². The number of benzene rings is 1. The molecule has 0 N–H and O–H groups in total. The van der Waals surface area contributed by atoms with Crippen LogP contribution in [0.2, 0.25) is 0 Å². The Kier molecular flexibility index (Phi) is 2.25. The standard InChI is InChI=1S/C12H15FN2/c1-7(2)9-5-11(13)12-10(8(9)3)6-15(4)14-12/h5-7H,1-4H3. The second kappa shape index (κ2) is 3.33. The van der Waals surface area contributed by atoms with Gasteiger partial charge in [-0.2, -0.15) is 5.10 Å². The van der Waals surface area contributed by atoms with E-state index in [2.05, 4.69) is 18.9 Å². The van der Waals surface area contributed by atoms with Crippen LogP contribution in [0.1, 0.15) is 30.9 Å². The highest BCUT2D eigenvalue weighted by atomic mass is 19.1. The van der Waals surface area contributed by atoms with Gasteiger partial charge in [-0.1, -0.05) is 13.8 Å². The number of hydrogen-bond acceptors (Lipinski definition) is 1. The third-order valence-corrected chi connectivity index (χ3v) is 2.80. The van der Waals surface area contributed by atoms with E-state index in [9.17, 15) is 4.39 Å². The van der Waals surface area contributed by atoms with Crippen molar-refractivity contribution in [1.29, 1.82) is 0 Å². The van der Waals surface area contributed by atoms with Crippen molar-refractivity contribution in [1.82, 2.24) is 9.78 Å². The smallest absolute Gasteiger partial charge is 0.151 e. The highest BCUT2D eigenvalue weighted by Gasteiger charge is 2.13. The molecule has 2 nitrogen and oxygen atoms in total. The van der Waals surface area contributed by atoms with Crippen molar-refractivity contribution in [2.75, 3.05) is 0 Å². The molecule has 80 valence electrons. The molecule has 0 fully saturated rings. The minimum atomic E-state index is -0.222. The summed E-state index contributed by atoms with van der Waals surface area (Å²) in [4.78, 5) is 0. The highest BCUT2D eigenvalue weighted by Crippen LogP contribution is 2.28. The molecular weight excluding hydrogens is 191 g/mol. The summed E-state index contributed by atoms with van der Waals surface area (Å²) in [5.41, 5.74) is 2.67. The van der Waals surface area contributed by atoms with Crippen molar-refractivity contribution in [3.8, 4) is 0 Å². The topological polar surface area (TPSA) is 17.8 Å². The number of nitrogens with zero attached hydrogens (tertiary/aromatic N) is 2. The SMILES string of the molecule is Cc1c(C(C)C)cc(F)c2nn(C)cc12. The van der Waals surface area contributed by atoms with Crippen molar-refractivity contribution < 1.29 is 4.39 Å². The van der Waals surface area contributed by atoms with E-state index in [1.165, 1.54) is 0 Å². The van der Waals surface area contributed by atoms with Gasteiger partial charge in [0.1, 0.15) is 5.52 Å². The normalized spacial score (nSPS) is 11.6. The van der Waals surface area contributed by atoms with Crippen LogP contribution < -0.4 is 0 Å². The molecule has 15 heavy (non-hydrogen) atoms. The molecule has 0 bridgehead atoms. The summed E-state index contributed by atoms with van der Waals surface area (Å²) in [5, 5.41) is 5.03. The molecular formula is C12H15FN2. The van der Waals surface area contributed by atoms with Gasteiger partial charge in [0.05, 0.1) is 0 Å². The van der Waals surface area contributed by atoms with E-state index in [0.29, 0.717) is 11.4 Å². The maximum Gasteiger partial charge on any atom is 0.151 e. The molecule has 2 aromatic rings. The molecule has 0 spiro atoms. The van der Waals surface area contributed by atoms with E-state index in [0.717, 1.165) is 16.5 Å². The lowest BCUT2D eigenvalue weighted by Crippen LogP contribution is -1.94. The first-order valence-electron chi connectivity index (χ1n) is 5.13. The molecule has 0 aliphatic rings. The summed E-state index contributed by atoms with van der Waals surface area (Å²) in [7, 11) is 1.81. The monoisotopic (exact) mass is 206 g/mol. The summed E-state index contributed by atoms with van der Waals surface area (Å²) >= 11 is 0. The van der Waals surface area contributed by atoms with Crippen LogP contribution in [0.15, 0.2) is 12.3 Å². The molecule has 1 heterocycles. The molecule has 0 aliphatic carbocycles. The Hall–Kier alpha value is -1.38. The van der Waals surface area contributed by atoms with Gasteiger partial charge in [0.2, 0.25) is 0 Å². The van der Waals surface area contributed by atoms with Crippen LogP contribution in [0, 0.1) is 12.7 Å². The summed E-state index contributed by atoms with van der Waals surface area (Å²) in [6, 6.07) is 1.61. The van der Waals surface area contributed by atoms with Crippen LogP contribution >= 0.6 is 0 Å². The van der Waals surface area contributed by atoms with Gasteiger partial charge in [0.15, 0.2) is 5.82 Å². The van der Waals surface area contributed by atoms with Crippen LogP contribution in [0.4, 0.5) is 4.39 Å². The van der Waals surface area contributed by atoms with Gasteiger partial charge in [0, 0.05) is 18.6 Å². The van der Waals surface area contributed by atoms with Gasteiger partial charge in [-0.25, -0.2) is 4.39 Å². The molecule has 1 aromatic carbocycles. The van der Waals surface area contributed by atoms with Crippen LogP contribution in [-0.2, 0) is 7.05 Å². The van der Waals surface area contributed by atoms with Crippen LogP contribution in [-0.4, -0.2) is 9.78 Å².